The summed E-state index contributed by atoms with van der Waals surface area (Å²) in [4.78, 5) is 2.21. The van der Waals surface area contributed by atoms with Crippen molar-refractivity contribution >= 4 is 5.69 Å². The Bertz CT molecular complexity index is 448. The van der Waals surface area contributed by atoms with E-state index in [0.717, 1.165) is 24.3 Å². The number of rotatable bonds is 4. The van der Waals surface area contributed by atoms with Gasteiger partial charge in [0.1, 0.15) is 5.82 Å². The number of nitrogens with one attached hydrogen (secondary N) is 1. The molecule has 3 rings (SSSR count). The van der Waals surface area contributed by atoms with Gasteiger partial charge in [0.2, 0.25) is 0 Å². The van der Waals surface area contributed by atoms with Crippen molar-refractivity contribution in [2.45, 2.75) is 57.5 Å². The summed E-state index contributed by atoms with van der Waals surface area (Å²) in [5.41, 5.74) is 1.85. The molecule has 1 N–H and O–H groups in total. The Morgan fingerprint density at radius 1 is 1.15 bits per heavy atom. The largest absolute Gasteiger partial charge is 0.369 e. The number of hydrogen-bond donors (Lipinski definition) is 1. The highest BCUT2D eigenvalue weighted by atomic mass is 19.1. The van der Waals surface area contributed by atoms with Crippen LogP contribution in [0, 0.1) is 5.82 Å². The second kappa shape index (κ2) is 6.13. The van der Waals surface area contributed by atoms with Gasteiger partial charge in [0, 0.05) is 25.2 Å². The summed E-state index contributed by atoms with van der Waals surface area (Å²) in [5, 5.41) is 3.53. The van der Waals surface area contributed by atoms with Crippen molar-refractivity contribution in [1.82, 2.24) is 5.32 Å². The highest BCUT2D eigenvalue weighted by Crippen LogP contribution is 2.28. The van der Waals surface area contributed by atoms with Crippen molar-refractivity contribution in [3.05, 3.63) is 29.6 Å². The minimum atomic E-state index is -0.0613. The number of anilines is 1. The SMILES string of the molecule is C[C@@H](NC1CC1)c1ccc(N2CCCCCC2)c(F)c1. The van der Waals surface area contributed by atoms with Crippen LogP contribution in [0.15, 0.2) is 18.2 Å². The molecule has 0 aromatic heterocycles. The molecule has 1 aliphatic heterocycles. The summed E-state index contributed by atoms with van der Waals surface area (Å²) in [7, 11) is 0. The maximum absolute atomic E-state index is 14.4. The summed E-state index contributed by atoms with van der Waals surface area (Å²) in [5.74, 6) is -0.0613. The Morgan fingerprint density at radius 3 is 2.45 bits per heavy atom. The summed E-state index contributed by atoms with van der Waals surface area (Å²) >= 11 is 0. The summed E-state index contributed by atoms with van der Waals surface area (Å²) < 4.78 is 14.4. The van der Waals surface area contributed by atoms with Crippen LogP contribution >= 0.6 is 0 Å². The van der Waals surface area contributed by atoms with Gasteiger partial charge in [-0.15, -0.1) is 0 Å². The number of benzene rings is 1. The van der Waals surface area contributed by atoms with Crippen molar-refractivity contribution in [3.8, 4) is 0 Å². The number of halogens is 1. The Labute approximate surface area is 121 Å². The van der Waals surface area contributed by atoms with Crippen molar-refractivity contribution in [3.63, 3.8) is 0 Å². The Hall–Kier alpha value is -1.09. The van der Waals surface area contributed by atoms with E-state index < -0.39 is 0 Å². The number of nitrogens with zero attached hydrogens (tertiary/aromatic N) is 1. The zero-order valence-corrected chi connectivity index (χ0v) is 12.4. The predicted octanol–water partition coefficient (Wildman–Crippen LogP) is 4.02. The fraction of sp³-hybridized carbons (Fsp3) is 0.647. The van der Waals surface area contributed by atoms with Gasteiger partial charge in [-0.2, -0.15) is 0 Å². The molecule has 20 heavy (non-hydrogen) atoms. The molecule has 1 aromatic carbocycles. The van der Waals surface area contributed by atoms with Crippen molar-refractivity contribution < 1.29 is 4.39 Å². The molecule has 1 heterocycles. The number of hydrogen-bond acceptors (Lipinski definition) is 2. The third-order valence-corrected chi connectivity index (χ3v) is 4.48. The van der Waals surface area contributed by atoms with Gasteiger partial charge < -0.3 is 10.2 Å². The van der Waals surface area contributed by atoms with Gasteiger partial charge in [-0.05, 0) is 50.3 Å². The molecule has 2 nitrogen and oxygen atoms in total. The minimum Gasteiger partial charge on any atom is -0.369 e. The van der Waals surface area contributed by atoms with Crippen LogP contribution in [0.2, 0.25) is 0 Å². The smallest absolute Gasteiger partial charge is 0.146 e. The van der Waals surface area contributed by atoms with E-state index in [1.807, 2.05) is 6.07 Å². The van der Waals surface area contributed by atoms with Crippen LogP contribution in [0.25, 0.3) is 0 Å². The van der Waals surface area contributed by atoms with Gasteiger partial charge >= 0.3 is 0 Å². The molecule has 0 unspecified atom stereocenters. The average Bonchev–Trinajstić information content (AvgIpc) is 3.25. The van der Waals surface area contributed by atoms with Crippen LogP contribution in [0.3, 0.4) is 0 Å². The van der Waals surface area contributed by atoms with E-state index in [0.29, 0.717) is 6.04 Å². The van der Waals surface area contributed by atoms with E-state index >= 15 is 0 Å². The van der Waals surface area contributed by atoms with Crippen LogP contribution in [-0.2, 0) is 0 Å². The van der Waals surface area contributed by atoms with E-state index in [9.17, 15) is 4.39 Å². The topological polar surface area (TPSA) is 15.3 Å². The molecule has 1 saturated carbocycles. The highest BCUT2D eigenvalue weighted by Gasteiger charge is 2.24. The van der Waals surface area contributed by atoms with Gasteiger partial charge in [0.15, 0.2) is 0 Å². The lowest BCUT2D eigenvalue weighted by Gasteiger charge is -2.24. The molecule has 2 aliphatic rings. The Kier molecular flexibility index (Phi) is 4.25. The molecule has 0 bridgehead atoms. The summed E-state index contributed by atoms with van der Waals surface area (Å²) in [6.07, 6.45) is 7.44. The molecule has 1 saturated heterocycles. The Balaban J connectivity index is 1.72. The minimum absolute atomic E-state index is 0.0613. The molecule has 1 aromatic rings. The molecule has 3 heteroatoms. The van der Waals surface area contributed by atoms with E-state index in [2.05, 4.69) is 23.2 Å². The van der Waals surface area contributed by atoms with Crippen LogP contribution in [-0.4, -0.2) is 19.1 Å². The molecule has 1 aliphatic carbocycles. The van der Waals surface area contributed by atoms with Crippen LogP contribution < -0.4 is 10.2 Å². The molecule has 1 atom stereocenters. The van der Waals surface area contributed by atoms with E-state index in [-0.39, 0.29) is 11.9 Å². The van der Waals surface area contributed by atoms with Crippen molar-refractivity contribution in [2.24, 2.45) is 0 Å². The van der Waals surface area contributed by atoms with Gasteiger partial charge in [0.25, 0.3) is 0 Å². The first-order chi connectivity index (χ1) is 9.74. The maximum atomic E-state index is 14.4. The predicted molar refractivity (Wildman–Crippen MR) is 81.7 cm³/mol. The molecule has 0 spiro atoms. The Morgan fingerprint density at radius 2 is 1.85 bits per heavy atom. The molecule has 0 amide bonds. The molecule has 110 valence electrons. The van der Waals surface area contributed by atoms with Crippen molar-refractivity contribution in [1.29, 1.82) is 0 Å². The first kappa shape index (κ1) is 13.9. The van der Waals surface area contributed by atoms with E-state index in [4.69, 9.17) is 0 Å². The standard InChI is InChI=1S/C17H25FN2/c1-13(19-15-7-8-15)14-6-9-17(16(18)12-14)20-10-4-2-3-5-11-20/h6,9,12-13,15,19H,2-5,7-8,10-11H2,1H3/t13-/m1/s1. The van der Waals surface area contributed by atoms with Crippen LogP contribution in [0.4, 0.5) is 10.1 Å². The van der Waals surface area contributed by atoms with Gasteiger partial charge in [-0.3, -0.25) is 0 Å². The van der Waals surface area contributed by atoms with Gasteiger partial charge in [-0.25, -0.2) is 4.39 Å². The summed E-state index contributed by atoms with van der Waals surface area (Å²) in [6.45, 7) is 4.11. The van der Waals surface area contributed by atoms with Gasteiger partial charge in [0.05, 0.1) is 5.69 Å². The third-order valence-electron chi connectivity index (χ3n) is 4.48. The second-order valence-electron chi connectivity index (χ2n) is 6.27. The first-order valence-electron chi connectivity index (χ1n) is 8.04. The van der Waals surface area contributed by atoms with E-state index in [1.165, 1.54) is 38.5 Å². The van der Waals surface area contributed by atoms with E-state index in [1.54, 1.807) is 6.07 Å². The summed E-state index contributed by atoms with van der Waals surface area (Å²) in [6, 6.07) is 6.68. The fourth-order valence-corrected chi connectivity index (χ4v) is 3.06. The first-order valence-corrected chi connectivity index (χ1v) is 8.04. The molecular formula is C17H25FN2. The average molecular weight is 276 g/mol. The zero-order chi connectivity index (χ0) is 13.9. The van der Waals surface area contributed by atoms with Crippen LogP contribution in [0.1, 0.15) is 57.1 Å². The second-order valence-corrected chi connectivity index (χ2v) is 6.27. The zero-order valence-electron chi connectivity index (χ0n) is 12.4. The lowest BCUT2D eigenvalue weighted by Crippen LogP contribution is -2.25. The fourth-order valence-electron chi connectivity index (χ4n) is 3.06. The maximum Gasteiger partial charge on any atom is 0.146 e. The third kappa shape index (κ3) is 3.32. The van der Waals surface area contributed by atoms with Crippen molar-refractivity contribution in [2.75, 3.05) is 18.0 Å². The highest BCUT2D eigenvalue weighted by molar-refractivity contribution is 5.49. The lowest BCUT2D eigenvalue weighted by molar-refractivity contribution is 0.560. The molecule has 0 radical (unpaired) electrons. The molecular weight excluding hydrogens is 251 g/mol. The monoisotopic (exact) mass is 276 g/mol. The molecule has 2 fully saturated rings. The normalized spacial score (nSPS) is 21.6. The van der Waals surface area contributed by atoms with Crippen LogP contribution in [0.5, 0.6) is 0 Å². The lowest BCUT2D eigenvalue weighted by atomic mass is 10.1. The van der Waals surface area contributed by atoms with Gasteiger partial charge in [-0.1, -0.05) is 18.9 Å². The quantitative estimate of drug-likeness (QED) is 0.893.